The Hall–Kier alpha value is -2.57. The van der Waals surface area contributed by atoms with E-state index in [-0.39, 0.29) is 0 Å². The van der Waals surface area contributed by atoms with Gasteiger partial charge in [-0.15, -0.1) is 5.10 Å². The zero-order valence-corrected chi connectivity index (χ0v) is 15.7. The largest absolute Gasteiger partial charge is 0.475 e. The molecule has 0 amide bonds. The second-order valence-corrected chi connectivity index (χ2v) is 6.98. The van der Waals surface area contributed by atoms with E-state index in [2.05, 4.69) is 31.8 Å². The second-order valence-electron chi connectivity index (χ2n) is 6.58. The topological polar surface area (TPSA) is 110 Å². The average Bonchev–Trinajstić information content (AvgIpc) is 2.99. The number of rotatable bonds is 1. The van der Waals surface area contributed by atoms with Crippen molar-refractivity contribution < 1.29 is 9.47 Å². The van der Waals surface area contributed by atoms with Crippen molar-refractivity contribution in [2.24, 2.45) is 0 Å². The lowest BCUT2D eigenvalue weighted by Crippen LogP contribution is -2.39. The van der Waals surface area contributed by atoms with E-state index < -0.39 is 5.54 Å². The van der Waals surface area contributed by atoms with Crippen molar-refractivity contribution in [2.45, 2.75) is 31.7 Å². The summed E-state index contributed by atoms with van der Waals surface area (Å²) in [5.74, 6) is 1.39. The highest BCUT2D eigenvalue weighted by atomic mass is 35.5. The van der Waals surface area contributed by atoms with Crippen LogP contribution in [0, 0.1) is 18.3 Å². The smallest absolute Gasteiger partial charge is 0.257 e. The first-order valence-electron chi connectivity index (χ1n) is 8.88. The molecule has 0 spiro atoms. The molecule has 0 saturated carbocycles. The molecule has 2 bridgehead atoms. The van der Waals surface area contributed by atoms with Gasteiger partial charge in [0.1, 0.15) is 10.7 Å². The lowest BCUT2D eigenvalue weighted by molar-refractivity contribution is 0.0389. The predicted octanol–water partition coefficient (Wildman–Crippen LogP) is 2.60. The number of fused-ring (bicyclic) bond motifs is 3. The average molecular weight is 390 g/mol. The zero-order valence-electron chi connectivity index (χ0n) is 15.0. The molecule has 2 aromatic rings. The SMILES string of the molecule is Cc1c2c(nn1C1(C#N)CCOCC1)OCCCNc1nc(ncc1Cl)N2. The van der Waals surface area contributed by atoms with E-state index in [4.69, 9.17) is 21.1 Å². The molecule has 1 fully saturated rings. The molecule has 2 aromatic heterocycles. The van der Waals surface area contributed by atoms with Crippen LogP contribution < -0.4 is 15.4 Å². The Morgan fingerprint density at radius 3 is 2.93 bits per heavy atom. The Morgan fingerprint density at radius 1 is 1.33 bits per heavy atom. The normalized spacial score (nSPS) is 18.7. The lowest BCUT2D eigenvalue weighted by Gasteiger charge is -2.31. The van der Waals surface area contributed by atoms with Crippen LogP contribution in [0.2, 0.25) is 5.02 Å². The number of anilines is 3. The monoisotopic (exact) mass is 389 g/mol. The molecule has 27 heavy (non-hydrogen) atoms. The van der Waals surface area contributed by atoms with E-state index in [0.717, 1.165) is 12.1 Å². The fourth-order valence-corrected chi connectivity index (χ4v) is 3.49. The van der Waals surface area contributed by atoms with Gasteiger partial charge in [-0.1, -0.05) is 11.6 Å². The molecule has 0 aliphatic carbocycles. The van der Waals surface area contributed by atoms with Crippen molar-refractivity contribution in [2.75, 3.05) is 37.0 Å². The van der Waals surface area contributed by atoms with Crippen molar-refractivity contribution in [1.29, 1.82) is 5.26 Å². The molecule has 2 aliphatic heterocycles. The highest BCUT2D eigenvalue weighted by molar-refractivity contribution is 6.32. The minimum Gasteiger partial charge on any atom is -0.475 e. The highest BCUT2D eigenvalue weighted by Gasteiger charge is 2.38. The van der Waals surface area contributed by atoms with Gasteiger partial charge in [0, 0.05) is 32.6 Å². The number of halogens is 1. The fourth-order valence-electron chi connectivity index (χ4n) is 3.33. The van der Waals surface area contributed by atoms with E-state index in [0.29, 0.717) is 67.6 Å². The van der Waals surface area contributed by atoms with Crippen LogP contribution in [-0.2, 0) is 10.3 Å². The number of hydrogen-bond donors (Lipinski definition) is 2. The summed E-state index contributed by atoms with van der Waals surface area (Å²) >= 11 is 6.15. The van der Waals surface area contributed by atoms with Crippen LogP contribution in [0.1, 0.15) is 25.0 Å². The number of nitrogens with zero attached hydrogens (tertiary/aromatic N) is 5. The molecule has 2 N–H and O–H groups in total. The molecule has 9 nitrogen and oxygen atoms in total. The molecule has 2 aliphatic rings. The number of aromatic nitrogens is 4. The van der Waals surface area contributed by atoms with Gasteiger partial charge in [0.15, 0.2) is 11.4 Å². The van der Waals surface area contributed by atoms with Gasteiger partial charge in [-0.05, 0) is 13.3 Å². The standard InChI is InChI=1S/C17H20ClN7O2/c1-11-13-15(24-25(11)17(10-19)3-7-26-8-4-17)27-6-2-5-20-14-12(18)9-21-16(22-13)23-14/h9H,2-8H2,1H3,(H2,20,21,22,23). The summed E-state index contributed by atoms with van der Waals surface area (Å²) in [6.07, 6.45) is 3.46. The number of ether oxygens (including phenoxy) is 2. The molecule has 10 heteroatoms. The first kappa shape index (κ1) is 17.8. The van der Waals surface area contributed by atoms with Crippen LogP contribution in [0.25, 0.3) is 0 Å². The number of hydrogen-bond acceptors (Lipinski definition) is 8. The molecule has 0 radical (unpaired) electrons. The van der Waals surface area contributed by atoms with Gasteiger partial charge in [0.25, 0.3) is 5.88 Å². The van der Waals surface area contributed by atoms with Gasteiger partial charge >= 0.3 is 0 Å². The summed E-state index contributed by atoms with van der Waals surface area (Å²) in [5, 5.41) is 21.3. The summed E-state index contributed by atoms with van der Waals surface area (Å²) in [6, 6.07) is 2.44. The van der Waals surface area contributed by atoms with Gasteiger partial charge in [-0.25, -0.2) is 9.67 Å². The van der Waals surface area contributed by atoms with E-state index in [1.165, 1.54) is 0 Å². The van der Waals surface area contributed by atoms with E-state index >= 15 is 0 Å². The van der Waals surface area contributed by atoms with E-state index in [1.807, 2.05) is 6.92 Å². The van der Waals surface area contributed by atoms with Crippen molar-refractivity contribution in [3.63, 3.8) is 0 Å². The summed E-state index contributed by atoms with van der Waals surface area (Å²) in [5.41, 5.74) is 0.706. The molecular formula is C17H20ClN7O2. The Morgan fingerprint density at radius 2 is 2.15 bits per heavy atom. The summed E-state index contributed by atoms with van der Waals surface area (Å²) in [7, 11) is 0. The fraction of sp³-hybridized carbons (Fsp3) is 0.529. The quantitative estimate of drug-likeness (QED) is 0.765. The second kappa shape index (κ2) is 7.21. The van der Waals surface area contributed by atoms with Gasteiger partial charge in [0.2, 0.25) is 5.95 Å². The highest BCUT2D eigenvalue weighted by Crippen LogP contribution is 2.37. The molecule has 142 valence electrons. The van der Waals surface area contributed by atoms with Crippen LogP contribution in [0.3, 0.4) is 0 Å². The maximum absolute atomic E-state index is 9.89. The molecular weight excluding hydrogens is 370 g/mol. The third-order valence-corrected chi connectivity index (χ3v) is 5.13. The van der Waals surface area contributed by atoms with Crippen molar-refractivity contribution in [3.05, 3.63) is 16.9 Å². The minimum atomic E-state index is -0.745. The third-order valence-electron chi connectivity index (χ3n) is 4.85. The van der Waals surface area contributed by atoms with Gasteiger partial charge < -0.3 is 20.1 Å². The molecule has 4 heterocycles. The van der Waals surface area contributed by atoms with Gasteiger partial charge in [-0.2, -0.15) is 10.2 Å². The summed E-state index contributed by atoms with van der Waals surface area (Å²) in [4.78, 5) is 8.67. The third kappa shape index (κ3) is 3.26. The van der Waals surface area contributed by atoms with E-state index in [9.17, 15) is 5.26 Å². The molecule has 4 rings (SSSR count). The Kier molecular flexibility index (Phi) is 4.76. The lowest BCUT2D eigenvalue weighted by atomic mass is 9.92. The van der Waals surface area contributed by atoms with Crippen molar-refractivity contribution in [1.82, 2.24) is 19.7 Å². The Labute approximate surface area is 161 Å². The predicted molar refractivity (Wildman–Crippen MR) is 99.5 cm³/mol. The van der Waals surface area contributed by atoms with Crippen molar-refractivity contribution >= 4 is 29.1 Å². The summed E-state index contributed by atoms with van der Waals surface area (Å²) < 4.78 is 13.1. The maximum Gasteiger partial charge on any atom is 0.257 e. The first-order chi connectivity index (χ1) is 13.1. The maximum atomic E-state index is 9.89. The number of nitrogens with one attached hydrogen (secondary N) is 2. The molecule has 1 saturated heterocycles. The van der Waals surface area contributed by atoms with Gasteiger partial charge in [0.05, 0.1) is 24.6 Å². The Bertz CT molecular complexity index is 886. The molecule has 0 aromatic carbocycles. The number of nitriles is 1. The zero-order chi connectivity index (χ0) is 18.9. The van der Waals surface area contributed by atoms with Crippen LogP contribution in [0.5, 0.6) is 5.88 Å². The van der Waals surface area contributed by atoms with Crippen LogP contribution >= 0.6 is 11.6 Å². The van der Waals surface area contributed by atoms with Crippen LogP contribution in [0.15, 0.2) is 6.20 Å². The van der Waals surface area contributed by atoms with Crippen molar-refractivity contribution in [3.8, 4) is 11.9 Å². The van der Waals surface area contributed by atoms with Crippen LogP contribution in [-0.4, -0.2) is 46.1 Å². The first-order valence-corrected chi connectivity index (χ1v) is 9.26. The molecule has 0 unspecified atom stereocenters. The van der Waals surface area contributed by atoms with E-state index in [1.54, 1.807) is 10.9 Å². The van der Waals surface area contributed by atoms with Gasteiger partial charge in [-0.3, -0.25) is 0 Å². The molecule has 0 atom stereocenters. The minimum absolute atomic E-state index is 0.384. The summed E-state index contributed by atoms with van der Waals surface area (Å²) in [6.45, 7) is 4.10. The van der Waals surface area contributed by atoms with Crippen LogP contribution in [0.4, 0.5) is 17.5 Å². The Balaban J connectivity index is 1.78.